The molecule has 1 rings (SSSR count). The van der Waals surface area contributed by atoms with Crippen LogP contribution in [0.2, 0.25) is 0 Å². The van der Waals surface area contributed by atoms with Crippen molar-refractivity contribution < 1.29 is 4.79 Å². The Balaban J connectivity index is 2.34. The van der Waals surface area contributed by atoms with Crippen LogP contribution in [-0.2, 0) is 11.2 Å². The summed E-state index contributed by atoms with van der Waals surface area (Å²) in [7, 11) is 0. The highest BCUT2D eigenvalue weighted by molar-refractivity contribution is 5.76. The number of carbonyl (C=O) groups excluding carboxylic acids is 1. The Hall–Kier alpha value is -1.82. The van der Waals surface area contributed by atoms with E-state index in [0.29, 0.717) is 18.9 Å². The van der Waals surface area contributed by atoms with Gasteiger partial charge in [0.05, 0.1) is 6.07 Å². The van der Waals surface area contributed by atoms with Crippen LogP contribution in [0, 0.1) is 11.3 Å². The van der Waals surface area contributed by atoms with Crippen LogP contribution in [0.15, 0.2) is 24.3 Å². The summed E-state index contributed by atoms with van der Waals surface area (Å²) in [6, 6.07) is 10.6. The van der Waals surface area contributed by atoms with E-state index < -0.39 is 0 Å². The first-order valence-electron chi connectivity index (χ1n) is 6.89. The standard InChI is InChI=1S/C16H22N2O/c1-3-13(2)15-8-6-14(7-9-15)10-12-18-16(19)5-4-11-17/h6-9,13H,3-5,10,12H2,1-2H3,(H,18,19). The molecular weight excluding hydrogens is 236 g/mol. The second kappa shape index (κ2) is 8.31. The van der Waals surface area contributed by atoms with Gasteiger partial charge in [0.2, 0.25) is 5.91 Å². The zero-order chi connectivity index (χ0) is 14.1. The molecule has 0 fully saturated rings. The monoisotopic (exact) mass is 258 g/mol. The van der Waals surface area contributed by atoms with E-state index in [9.17, 15) is 4.79 Å². The van der Waals surface area contributed by atoms with Crippen LogP contribution in [0.4, 0.5) is 0 Å². The highest BCUT2D eigenvalue weighted by atomic mass is 16.1. The summed E-state index contributed by atoms with van der Waals surface area (Å²) in [4.78, 5) is 11.3. The minimum Gasteiger partial charge on any atom is -0.356 e. The molecule has 19 heavy (non-hydrogen) atoms. The molecule has 3 nitrogen and oxygen atoms in total. The molecule has 0 saturated carbocycles. The SMILES string of the molecule is CCC(C)c1ccc(CCNC(=O)CCC#N)cc1. The molecule has 0 radical (unpaired) electrons. The minimum atomic E-state index is -0.0437. The van der Waals surface area contributed by atoms with Crippen molar-refractivity contribution >= 4 is 5.91 Å². The number of nitriles is 1. The molecule has 1 N–H and O–H groups in total. The average molecular weight is 258 g/mol. The van der Waals surface area contributed by atoms with Gasteiger partial charge in [-0.05, 0) is 29.9 Å². The summed E-state index contributed by atoms with van der Waals surface area (Å²) in [6.45, 7) is 5.05. The number of hydrogen-bond acceptors (Lipinski definition) is 2. The molecule has 0 aliphatic rings. The van der Waals surface area contributed by atoms with Gasteiger partial charge in [-0.15, -0.1) is 0 Å². The Morgan fingerprint density at radius 1 is 1.37 bits per heavy atom. The molecule has 1 atom stereocenters. The van der Waals surface area contributed by atoms with Gasteiger partial charge in [-0.2, -0.15) is 5.26 Å². The first kappa shape index (κ1) is 15.2. The van der Waals surface area contributed by atoms with Crippen molar-refractivity contribution in [1.82, 2.24) is 5.32 Å². The Morgan fingerprint density at radius 2 is 2.05 bits per heavy atom. The van der Waals surface area contributed by atoms with Crippen LogP contribution in [0.1, 0.15) is 50.2 Å². The number of nitrogens with zero attached hydrogens (tertiary/aromatic N) is 1. The number of carbonyl (C=O) groups is 1. The molecule has 1 amide bonds. The second-order valence-corrected chi connectivity index (χ2v) is 4.81. The third-order valence-electron chi connectivity index (χ3n) is 3.36. The Kier molecular flexibility index (Phi) is 6.67. The summed E-state index contributed by atoms with van der Waals surface area (Å²) in [5.74, 6) is 0.553. The highest BCUT2D eigenvalue weighted by Crippen LogP contribution is 2.18. The summed E-state index contributed by atoms with van der Waals surface area (Å²) in [5.41, 5.74) is 2.59. The van der Waals surface area contributed by atoms with Gasteiger partial charge in [0.1, 0.15) is 0 Å². The Bertz CT molecular complexity index is 431. The van der Waals surface area contributed by atoms with Crippen molar-refractivity contribution in [2.24, 2.45) is 0 Å². The van der Waals surface area contributed by atoms with Crippen molar-refractivity contribution in [2.45, 2.75) is 45.4 Å². The lowest BCUT2D eigenvalue weighted by Gasteiger charge is -2.10. The first-order valence-corrected chi connectivity index (χ1v) is 6.89. The van der Waals surface area contributed by atoms with E-state index in [0.717, 1.165) is 12.8 Å². The van der Waals surface area contributed by atoms with E-state index >= 15 is 0 Å². The van der Waals surface area contributed by atoms with Crippen LogP contribution < -0.4 is 5.32 Å². The summed E-state index contributed by atoms with van der Waals surface area (Å²) in [6.07, 6.45) is 2.56. The quantitative estimate of drug-likeness (QED) is 0.816. The molecule has 0 bridgehead atoms. The molecule has 102 valence electrons. The maximum atomic E-state index is 11.3. The van der Waals surface area contributed by atoms with Gasteiger partial charge in [-0.25, -0.2) is 0 Å². The fourth-order valence-corrected chi connectivity index (χ4v) is 1.85. The van der Waals surface area contributed by atoms with E-state index in [-0.39, 0.29) is 12.3 Å². The normalized spacial score (nSPS) is 11.6. The topological polar surface area (TPSA) is 52.9 Å². The lowest BCUT2D eigenvalue weighted by atomic mass is 9.97. The van der Waals surface area contributed by atoms with Gasteiger partial charge in [-0.1, -0.05) is 38.1 Å². The molecule has 1 unspecified atom stereocenters. The van der Waals surface area contributed by atoms with Crippen LogP contribution in [0.5, 0.6) is 0 Å². The van der Waals surface area contributed by atoms with Gasteiger partial charge in [0.15, 0.2) is 0 Å². The Morgan fingerprint density at radius 3 is 2.63 bits per heavy atom. The van der Waals surface area contributed by atoms with Crippen molar-refractivity contribution in [1.29, 1.82) is 5.26 Å². The lowest BCUT2D eigenvalue weighted by Crippen LogP contribution is -2.25. The fraction of sp³-hybridized carbons (Fsp3) is 0.500. The number of benzene rings is 1. The van der Waals surface area contributed by atoms with Gasteiger partial charge in [-0.3, -0.25) is 4.79 Å². The molecule has 0 aliphatic heterocycles. The van der Waals surface area contributed by atoms with Gasteiger partial charge in [0, 0.05) is 19.4 Å². The average Bonchev–Trinajstić information content (AvgIpc) is 2.45. The summed E-state index contributed by atoms with van der Waals surface area (Å²) < 4.78 is 0. The van der Waals surface area contributed by atoms with Gasteiger partial charge < -0.3 is 5.32 Å². The summed E-state index contributed by atoms with van der Waals surface area (Å²) in [5, 5.41) is 11.2. The third kappa shape index (κ3) is 5.56. The maximum absolute atomic E-state index is 11.3. The molecular formula is C16H22N2O. The van der Waals surface area contributed by atoms with E-state index in [1.54, 1.807) is 0 Å². The van der Waals surface area contributed by atoms with Crippen LogP contribution >= 0.6 is 0 Å². The minimum absolute atomic E-state index is 0.0437. The maximum Gasteiger partial charge on any atom is 0.221 e. The highest BCUT2D eigenvalue weighted by Gasteiger charge is 2.03. The number of rotatable bonds is 7. The molecule has 0 spiro atoms. The molecule has 0 aromatic heterocycles. The number of nitrogens with one attached hydrogen (secondary N) is 1. The van der Waals surface area contributed by atoms with Crippen molar-refractivity contribution in [3.8, 4) is 6.07 Å². The second-order valence-electron chi connectivity index (χ2n) is 4.81. The van der Waals surface area contributed by atoms with E-state index in [2.05, 4.69) is 43.4 Å². The molecule has 0 aliphatic carbocycles. The predicted molar refractivity (Wildman–Crippen MR) is 76.7 cm³/mol. The van der Waals surface area contributed by atoms with Crippen molar-refractivity contribution in [3.05, 3.63) is 35.4 Å². The summed E-state index contributed by atoms with van der Waals surface area (Å²) >= 11 is 0. The van der Waals surface area contributed by atoms with Crippen molar-refractivity contribution in [3.63, 3.8) is 0 Å². The zero-order valence-corrected chi connectivity index (χ0v) is 11.8. The largest absolute Gasteiger partial charge is 0.356 e. The first-order chi connectivity index (χ1) is 9.17. The lowest BCUT2D eigenvalue weighted by molar-refractivity contribution is -0.120. The van der Waals surface area contributed by atoms with Gasteiger partial charge >= 0.3 is 0 Å². The molecule has 1 aromatic rings. The van der Waals surface area contributed by atoms with Gasteiger partial charge in [0.25, 0.3) is 0 Å². The zero-order valence-electron chi connectivity index (χ0n) is 11.8. The smallest absolute Gasteiger partial charge is 0.221 e. The Labute approximate surface area is 115 Å². The third-order valence-corrected chi connectivity index (χ3v) is 3.36. The van der Waals surface area contributed by atoms with E-state index in [1.165, 1.54) is 11.1 Å². The molecule has 3 heteroatoms. The van der Waals surface area contributed by atoms with E-state index in [1.807, 2.05) is 6.07 Å². The number of amides is 1. The van der Waals surface area contributed by atoms with Crippen LogP contribution in [0.3, 0.4) is 0 Å². The molecule has 0 heterocycles. The predicted octanol–water partition coefficient (Wildman–Crippen LogP) is 3.16. The fourth-order valence-electron chi connectivity index (χ4n) is 1.85. The van der Waals surface area contributed by atoms with Crippen molar-refractivity contribution in [2.75, 3.05) is 6.54 Å². The van der Waals surface area contributed by atoms with Crippen LogP contribution in [-0.4, -0.2) is 12.5 Å². The molecule has 1 aromatic carbocycles. The molecule has 0 saturated heterocycles. The van der Waals surface area contributed by atoms with Crippen LogP contribution in [0.25, 0.3) is 0 Å². The van der Waals surface area contributed by atoms with E-state index in [4.69, 9.17) is 5.26 Å². The number of hydrogen-bond donors (Lipinski definition) is 1.